The van der Waals surface area contributed by atoms with E-state index in [4.69, 9.17) is 36.2 Å². The van der Waals surface area contributed by atoms with Crippen LogP contribution in [0.3, 0.4) is 0 Å². The fourth-order valence-electron chi connectivity index (χ4n) is 9.04. The maximum Gasteiger partial charge on any atom is 1.00 e. The van der Waals surface area contributed by atoms with Crippen LogP contribution in [0.2, 0.25) is 0 Å². The Morgan fingerprint density at radius 2 is 0.495 bits per heavy atom. The smallest absolute Gasteiger partial charge is 0.811 e. The van der Waals surface area contributed by atoms with Crippen LogP contribution < -0.4 is 138 Å². The summed E-state index contributed by atoms with van der Waals surface area (Å²) in [4.78, 5) is 46.9. The van der Waals surface area contributed by atoms with Gasteiger partial charge in [-0.15, -0.1) is 0 Å². The minimum Gasteiger partial charge on any atom is -0.811 e. The molecule has 0 aliphatic carbocycles. The molecule has 0 radical (unpaired) electrons. The molecule has 0 heterocycles. The number of hydrogen-bond acceptors (Lipinski definition) is 29. The van der Waals surface area contributed by atoms with E-state index in [9.17, 15) is 92.9 Å². The normalized spacial score (nSPS) is 12.6. The van der Waals surface area contributed by atoms with E-state index in [1.807, 2.05) is 36.4 Å². The van der Waals surface area contributed by atoms with Gasteiger partial charge in [-0.1, -0.05) is 69.8 Å². The third kappa shape index (κ3) is 37.3. The van der Waals surface area contributed by atoms with Crippen molar-refractivity contribution < 1.29 is 247 Å². The predicted molar refractivity (Wildman–Crippen MR) is 335 cm³/mol. The van der Waals surface area contributed by atoms with Crippen LogP contribution in [-0.2, 0) is 122 Å². The van der Waals surface area contributed by atoms with Crippen molar-refractivity contribution in [2.24, 2.45) is 5.41 Å². The van der Waals surface area contributed by atoms with Crippen molar-refractivity contribution in [2.75, 3.05) is 167 Å². The summed E-state index contributed by atoms with van der Waals surface area (Å²) in [5.41, 5.74) is 3.37. The molecule has 3 aromatic rings. The molecule has 0 aromatic heterocycles. The van der Waals surface area contributed by atoms with Crippen LogP contribution in [0.25, 0.3) is 0 Å². The molecule has 3 rings (SSSR count). The minimum absolute atomic E-state index is 0. The number of aryl methyl sites for hydroxylation is 7. The van der Waals surface area contributed by atoms with Crippen molar-refractivity contribution in [3.8, 4) is 0 Å². The van der Waals surface area contributed by atoms with Crippen molar-refractivity contribution in [1.82, 2.24) is 9.80 Å². The van der Waals surface area contributed by atoms with Gasteiger partial charge in [0.15, 0.2) is 0 Å². The molecule has 9 N–H and O–H groups in total. The largest absolute Gasteiger partial charge is 1.00 e. The summed E-state index contributed by atoms with van der Waals surface area (Å²) in [6.45, 7) is -3.36. The molecule has 0 spiro atoms. The maximum atomic E-state index is 12.4. The zero-order valence-corrected chi connectivity index (χ0v) is 71.2. The van der Waals surface area contributed by atoms with E-state index in [1.54, 1.807) is 31.1 Å². The van der Waals surface area contributed by atoms with E-state index in [-0.39, 0.29) is 182 Å². The van der Waals surface area contributed by atoms with Gasteiger partial charge in [0, 0.05) is 75.4 Å². The molecule has 0 unspecified atom stereocenters. The van der Waals surface area contributed by atoms with Gasteiger partial charge in [-0.2, -0.15) is 0 Å². The zero-order chi connectivity index (χ0) is 69.5. The van der Waals surface area contributed by atoms with Crippen molar-refractivity contribution in [3.63, 3.8) is 0 Å². The monoisotopic (exact) mass is 1510 g/mol. The van der Waals surface area contributed by atoms with Crippen LogP contribution in [-0.4, -0.2) is 234 Å². The zero-order valence-electron chi connectivity index (χ0n) is 57.8. The maximum absolute atomic E-state index is 12.4. The molecular weight excluding hydrogens is 1410 g/mol. The van der Waals surface area contributed by atoms with Gasteiger partial charge in [-0.05, 0) is 128 Å². The molecule has 0 aliphatic rings. The van der Waals surface area contributed by atoms with Gasteiger partial charge >= 0.3 is 149 Å². The second-order valence-corrected chi connectivity index (χ2v) is 35.0. The molecular formula is C56H98N2Na4O27P6. The van der Waals surface area contributed by atoms with Crippen molar-refractivity contribution >= 4 is 45.6 Å². The number of aliphatic hydroxyl groups excluding tert-OH is 9. The number of nitrogens with zero attached hydrogens (tertiary/aromatic N) is 2. The molecule has 0 atom stereocenters. The average molecular weight is 1510 g/mol. The van der Waals surface area contributed by atoms with E-state index >= 15 is 0 Å². The Morgan fingerprint density at radius 3 is 0.663 bits per heavy atom. The molecule has 0 saturated heterocycles. The molecule has 39 heteroatoms. The van der Waals surface area contributed by atoms with Gasteiger partial charge in [0.05, 0.1) is 95.2 Å². The Labute approximate surface area is 649 Å². The summed E-state index contributed by atoms with van der Waals surface area (Å²) in [5.74, 6) is 0. The Bertz CT molecular complexity index is 2730. The van der Waals surface area contributed by atoms with Crippen LogP contribution in [0.1, 0.15) is 56.5 Å². The molecule has 0 aliphatic heterocycles. The number of aliphatic hydroxyl groups is 9. The summed E-state index contributed by atoms with van der Waals surface area (Å²) in [6, 6.07) is 16.3. The first-order valence-corrected chi connectivity index (χ1v) is 39.1. The molecule has 3 aromatic carbocycles. The van der Waals surface area contributed by atoms with Crippen molar-refractivity contribution in [2.45, 2.75) is 75.5 Å². The molecule has 0 bridgehead atoms. The number of benzene rings is 3. The van der Waals surface area contributed by atoms with Crippen LogP contribution in [0.15, 0.2) is 54.6 Å². The van der Waals surface area contributed by atoms with Crippen LogP contribution in [0, 0.1) is 5.41 Å². The molecule has 0 fully saturated rings. The van der Waals surface area contributed by atoms with E-state index in [0.717, 1.165) is 33.4 Å². The van der Waals surface area contributed by atoms with Crippen LogP contribution in [0.4, 0.5) is 0 Å². The molecule has 0 saturated carbocycles. The fourth-order valence-corrected chi connectivity index (χ4v) is 14.3. The minimum atomic E-state index is -4.73. The summed E-state index contributed by atoms with van der Waals surface area (Å²) < 4.78 is 112. The van der Waals surface area contributed by atoms with E-state index in [2.05, 4.69) is 0 Å². The van der Waals surface area contributed by atoms with Crippen LogP contribution >= 0.6 is 45.6 Å². The Kier molecular flexibility index (Phi) is 55.1. The van der Waals surface area contributed by atoms with Crippen molar-refractivity contribution in [1.29, 1.82) is 0 Å². The Hall–Kier alpha value is 2.12. The van der Waals surface area contributed by atoms with Gasteiger partial charge in [0.2, 0.25) is 0 Å². The molecule has 528 valence electrons. The van der Waals surface area contributed by atoms with E-state index < -0.39 is 114 Å². The SMILES string of the molecule is CN(Cc1cc(CCP(=O)([O-])[O-])cc(CCP(=O)([O-])[O-])c1)C(CO)(CO)CO.COP(=O)(CCc1cc(CCC(CO)(CO)CO)cc(CCP(=O)(OC)OC)c1)OC.COP(=O)(CCc1cc(CCP(=O)(OC)OC)cc(CN(C)C(CO)(CO)CO)c1)OC.[Na+].[Na+].[Na+].[Na+]. The molecule has 95 heavy (non-hydrogen) atoms. The summed E-state index contributed by atoms with van der Waals surface area (Å²) in [5, 5.41) is 86.4. The third-order valence-corrected chi connectivity index (χ3v) is 24.9. The predicted octanol–water partition coefficient (Wildman–Crippen LogP) is -10.7. The molecule has 0 amide bonds. The molecule has 29 nitrogen and oxygen atoms in total. The number of likely N-dealkylation sites (N-methyl/N-ethyl adjacent to an activating group) is 2. The van der Waals surface area contributed by atoms with Gasteiger partial charge in [-0.25, -0.2) is 0 Å². The van der Waals surface area contributed by atoms with Crippen molar-refractivity contribution in [3.05, 3.63) is 105 Å². The third-order valence-electron chi connectivity index (χ3n) is 15.8. The van der Waals surface area contributed by atoms with Gasteiger partial charge in [0.1, 0.15) is 0 Å². The number of rotatable bonds is 44. The van der Waals surface area contributed by atoms with Crippen LogP contribution in [0.5, 0.6) is 0 Å². The second-order valence-electron chi connectivity index (χ2n) is 22.0. The topological polar surface area (TPSA) is 457 Å². The summed E-state index contributed by atoms with van der Waals surface area (Å²) >= 11 is 0. The average Bonchev–Trinajstić information content (AvgIpc) is 0.846. The Balaban J connectivity index is -0.000000642. The van der Waals surface area contributed by atoms with E-state index in [0.29, 0.717) is 61.8 Å². The summed E-state index contributed by atoms with van der Waals surface area (Å²) in [6.07, 6.45) is 1.99. The quantitative estimate of drug-likeness (QED) is 0.0187. The number of hydrogen-bond donors (Lipinski definition) is 9. The first-order valence-electron chi connectivity index (χ1n) is 28.7. The first kappa shape index (κ1) is 103. The van der Waals surface area contributed by atoms with Gasteiger partial charge < -0.3 is 111 Å². The first-order chi connectivity index (χ1) is 42.6. The van der Waals surface area contributed by atoms with Gasteiger partial charge in [-0.3, -0.25) is 28.1 Å². The van der Waals surface area contributed by atoms with E-state index in [1.165, 1.54) is 67.8 Å². The second kappa shape index (κ2) is 50.6. The fraction of sp³-hybridized carbons (Fsp3) is 0.679. The van der Waals surface area contributed by atoms with Gasteiger partial charge in [0.25, 0.3) is 0 Å². The Morgan fingerprint density at radius 1 is 0.316 bits per heavy atom. The summed E-state index contributed by atoms with van der Waals surface area (Å²) in [7, 11) is -8.18. The standard InChI is InChI=1S/C20H37NO9P2.C20H36O9P2.C16H29NO9P2.4Na/c1-21(20(14-22,15-23)16-24)13-19-11-17(6-8-31(25,27-2)28-3)10-18(12-19)7-9-32(26,29-4)30-5;1-26-30(24,27-2)9-6-18-11-17(5-8-20(14-21,15-22)16-23)12-19(13-18)7-10-31(25,28-3)29-4;1-17(16(10-18,11-19)12-20)9-15-7-13(2-4-27(21,22)23)6-14(8-15)3-5-28(24,25)26;;;;/h10-12,22-24H,6-9,13-16H2,1-5H3;11-13,21-23H,5-10,14-16H2,1-4H3;6-8,18-20H,2-5,9-12H2,1H3,(H2,21,22,23)(H2,24,25,26);;;;/q;;;4*+1/p-4.